The van der Waals surface area contributed by atoms with Crippen LogP contribution in [0.3, 0.4) is 0 Å². The monoisotopic (exact) mass is 169 g/mol. The van der Waals surface area contributed by atoms with E-state index in [0.717, 1.165) is 25.9 Å². The molecule has 0 aromatic carbocycles. The van der Waals surface area contributed by atoms with Crippen LogP contribution in [0, 0.1) is 11.3 Å². The van der Waals surface area contributed by atoms with Crippen molar-refractivity contribution in [3.05, 3.63) is 0 Å². The first-order chi connectivity index (χ1) is 5.74. The van der Waals surface area contributed by atoms with Crippen molar-refractivity contribution in [2.75, 3.05) is 13.1 Å². The first-order valence-corrected chi connectivity index (χ1v) is 4.21. The lowest BCUT2D eigenvalue weighted by molar-refractivity contribution is 0.292. The molecule has 1 rings (SSSR count). The SMILES string of the molecule is CC(=N)N1CCC(/C=N\O)CC1. The maximum atomic E-state index is 8.31. The van der Waals surface area contributed by atoms with Crippen LogP contribution < -0.4 is 0 Å². The van der Waals surface area contributed by atoms with E-state index in [4.69, 9.17) is 10.6 Å². The highest BCUT2D eigenvalue weighted by Crippen LogP contribution is 2.14. The van der Waals surface area contributed by atoms with E-state index in [0.29, 0.717) is 11.8 Å². The van der Waals surface area contributed by atoms with Crippen molar-refractivity contribution in [3.8, 4) is 0 Å². The molecular weight excluding hydrogens is 154 g/mol. The molecular formula is C8H15N3O. The van der Waals surface area contributed by atoms with Crippen LogP contribution in [0.25, 0.3) is 0 Å². The van der Waals surface area contributed by atoms with Crippen LogP contribution in [0.4, 0.5) is 0 Å². The second kappa shape index (κ2) is 4.09. The zero-order valence-electron chi connectivity index (χ0n) is 7.32. The van der Waals surface area contributed by atoms with Crippen LogP contribution >= 0.6 is 0 Å². The van der Waals surface area contributed by atoms with Crippen LogP contribution in [0.1, 0.15) is 19.8 Å². The quantitative estimate of drug-likeness (QED) is 0.268. The molecule has 0 spiro atoms. The molecule has 0 atom stereocenters. The summed E-state index contributed by atoms with van der Waals surface area (Å²) in [5.74, 6) is 1.03. The second-order valence-electron chi connectivity index (χ2n) is 3.17. The lowest BCUT2D eigenvalue weighted by atomic mass is 9.98. The molecule has 0 saturated carbocycles. The van der Waals surface area contributed by atoms with E-state index in [1.54, 1.807) is 13.1 Å². The molecule has 0 aliphatic carbocycles. The van der Waals surface area contributed by atoms with Gasteiger partial charge in [-0.05, 0) is 19.8 Å². The van der Waals surface area contributed by atoms with Gasteiger partial charge in [-0.15, -0.1) is 5.16 Å². The number of nitrogens with zero attached hydrogens (tertiary/aromatic N) is 2. The van der Waals surface area contributed by atoms with Gasteiger partial charge in [0, 0.05) is 25.2 Å². The van der Waals surface area contributed by atoms with Gasteiger partial charge in [-0.3, -0.25) is 5.41 Å². The molecule has 0 bridgehead atoms. The number of piperidine rings is 1. The summed E-state index contributed by atoms with van der Waals surface area (Å²) in [6.07, 6.45) is 3.57. The van der Waals surface area contributed by atoms with Crippen molar-refractivity contribution in [1.82, 2.24) is 4.90 Å². The van der Waals surface area contributed by atoms with Gasteiger partial charge in [0.05, 0.1) is 5.84 Å². The van der Waals surface area contributed by atoms with Crippen LogP contribution in [0.5, 0.6) is 0 Å². The average molecular weight is 169 g/mol. The maximum Gasteiger partial charge on any atom is 0.0925 e. The molecule has 12 heavy (non-hydrogen) atoms. The third-order valence-corrected chi connectivity index (χ3v) is 2.29. The highest BCUT2D eigenvalue weighted by Gasteiger charge is 2.17. The number of rotatable bonds is 1. The van der Waals surface area contributed by atoms with Gasteiger partial charge in [0.2, 0.25) is 0 Å². The first-order valence-electron chi connectivity index (χ1n) is 4.21. The van der Waals surface area contributed by atoms with Crippen LogP contribution in [0.2, 0.25) is 0 Å². The van der Waals surface area contributed by atoms with Crippen molar-refractivity contribution >= 4 is 12.1 Å². The smallest absolute Gasteiger partial charge is 0.0925 e. The number of oxime groups is 1. The van der Waals surface area contributed by atoms with Crippen LogP contribution in [0.15, 0.2) is 5.16 Å². The summed E-state index contributed by atoms with van der Waals surface area (Å²) in [5, 5.41) is 18.7. The summed E-state index contributed by atoms with van der Waals surface area (Å²) in [4.78, 5) is 2.04. The fraction of sp³-hybridized carbons (Fsp3) is 0.750. The molecule has 1 fully saturated rings. The van der Waals surface area contributed by atoms with Crippen molar-refractivity contribution < 1.29 is 5.21 Å². The van der Waals surface area contributed by atoms with Gasteiger partial charge in [0.15, 0.2) is 0 Å². The van der Waals surface area contributed by atoms with E-state index in [1.165, 1.54) is 0 Å². The Balaban J connectivity index is 2.34. The summed E-state index contributed by atoms with van der Waals surface area (Å²) in [7, 11) is 0. The zero-order chi connectivity index (χ0) is 8.97. The van der Waals surface area contributed by atoms with Gasteiger partial charge >= 0.3 is 0 Å². The molecule has 1 heterocycles. The van der Waals surface area contributed by atoms with Gasteiger partial charge in [-0.2, -0.15) is 0 Å². The summed E-state index contributed by atoms with van der Waals surface area (Å²) in [6.45, 7) is 3.62. The Morgan fingerprint density at radius 3 is 2.58 bits per heavy atom. The highest BCUT2D eigenvalue weighted by atomic mass is 16.4. The fourth-order valence-corrected chi connectivity index (χ4v) is 1.48. The molecule has 2 N–H and O–H groups in total. The number of amidine groups is 1. The molecule has 0 radical (unpaired) electrons. The number of hydrogen-bond acceptors (Lipinski definition) is 3. The largest absolute Gasteiger partial charge is 0.411 e. The number of hydrogen-bond donors (Lipinski definition) is 2. The highest BCUT2D eigenvalue weighted by molar-refractivity contribution is 5.76. The molecule has 1 aliphatic rings. The van der Waals surface area contributed by atoms with Crippen molar-refractivity contribution in [2.24, 2.45) is 11.1 Å². The summed E-state index contributed by atoms with van der Waals surface area (Å²) < 4.78 is 0. The minimum Gasteiger partial charge on any atom is -0.411 e. The minimum atomic E-state index is 0.394. The van der Waals surface area contributed by atoms with Crippen LogP contribution in [-0.2, 0) is 0 Å². The van der Waals surface area contributed by atoms with E-state index in [1.807, 2.05) is 4.90 Å². The Bertz CT molecular complexity index is 183. The van der Waals surface area contributed by atoms with Crippen molar-refractivity contribution in [3.63, 3.8) is 0 Å². The molecule has 0 amide bonds. The first kappa shape index (κ1) is 9.03. The van der Waals surface area contributed by atoms with Crippen molar-refractivity contribution in [1.29, 1.82) is 5.41 Å². The predicted octanol–water partition coefficient (Wildman–Crippen LogP) is 1.16. The lowest BCUT2D eigenvalue weighted by Gasteiger charge is -2.30. The topological polar surface area (TPSA) is 59.7 Å². The molecule has 0 aromatic heterocycles. The summed E-state index contributed by atoms with van der Waals surface area (Å²) in [6, 6.07) is 0. The fourth-order valence-electron chi connectivity index (χ4n) is 1.48. The molecule has 1 aliphatic heterocycles. The maximum absolute atomic E-state index is 8.31. The van der Waals surface area contributed by atoms with Gasteiger partial charge in [-0.1, -0.05) is 0 Å². The van der Waals surface area contributed by atoms with Gasteiger partial charge < -0.3 is 10.1 Å². The third kappa shape index (κ3) is 2.22. The Labute approximate surface area is 72.4 Å². The zero-order valence-corrected chi connectivity index (χ0v) is 7.32. The average Bonchev–Trinajstić information content (AvgIpc) is 2.06. The molecule has 0 unspecified atom stereocenters. The molecule has 68 valence electrons. The van der Waals surface area contributed by atoms with Gasteiger partial charge in [0.1, 0.15) is 0 Å². The third-order valence-electron chi connectivity index (χ3n) is 2.29. The Kier molecular flexibility index (Phi) is 3.08. The molecule has 0 aromatic rings. The van der Waals surface area contributed by atoms with E-state index in [9.17, 15) is 0 Å². The lowest BCUT2D eigenvalue weighted by Crippen LogP contribution is -2.36. The summed E-state index contributed by atoms with van der Waals surface area (Å²) in [5.41, 5.74) is 0. The molecule has 4 nitrogen and oxygen atoms in total. The second-order valence-corrected chi connectivity index (χ2v) is 3.17. The number of likely N-dealkylation sites (tertiary alicyclic amines) is 1. The summed E-state index contributed by atoms with van der Waals surface area (Å²) >= 11 is 0. The van der Waals surface area contributed by atoms with Crippen molar-refractivity contribution in [2.45, 2.75) is 19.8 Å². The number of nitrogens with one attached hydrogen (secondary N) is 1. The Hall–Kier alpha value is -1.06. The molecule has 4 heteroatoms. The van der Waals surface area contributed by atoms with Gasteiger partial charge in [0.25, 0.3) is 0 Å². The van der Waals surface area contributed by atoms with Gasteiger partial charge in [-0.25, -0.2) is 0 Å². The van der Waals surface area contributed by atoms with E-state index in [-0.39, 0.29) is 0 Å². The Morgan fingerprint density at radius 1 is 1.58 bits per heavy atom. The predicted molar refractivity (Wildman–Crippen MR) is 48.0 cm³/mol. The standard InChI is InChI=1S/C8H15N3O/c1-7(9)11-4-2-8(3-5-11)6-10-12/h6,8-9,12H,2-5H2,1H3/b9-7?,10-6-. The molecule has 1 saturated heterocycles. The normalized spacial score (nSPS) is 20.2. The van der Waals surface area contributed by atoms with E-state index < -0.39 is 0 Å². The van der Waals surface area contributed by atoms with Crippen LogP contribution in [-0.4, -0.2) is 35.2 Å². The van der Waals surface area contributed by atoms with E-state index in [2.05, 4.69) is 5.16 Å². The Morgan fingerprint density at radius 2 is 2.17 bits per heavy atom. The van der Waals surface area contributed by atoms with E-state index >= 15 is 0 Å². The minimum absolute atomic E-state index is 0.394.